The SMILES string of the molecule is CCC(=O)NC(C)c1nc2ccccc2n1CCCOc1cccc(C)c1C. The van der Waals surface area contributed by atoms with Gasteiger partial charge >= 0.3 is 0 Å². The molecule has 3 rings (SSSR count). The number of carbonyl (C=O) groups is 1. The van der Waals surface area contributed by atoms with E-state index in [1.54, 1.807) is 0 Å². The monoisotopic (exact) mass is 379 g/mol. The van der Waals surface area contributed by atoms with Crippen LogP contribution in [0.3, 0.4) is 0 Å². The van der Waals surface area contributed by atoms with Crippen molar-refractivity contribution in [3.8, 4) is 5.75 Å². The lowest BCUT2D eigenvalue weighted by atomic mass is 10.1. The maximum absolute atomic E-state index is 11.8. The van der Waals surface area contributed by atoms with Crippen molar-refractivity contribution in [2.45, 2.75) is 53.1 Å². The quantitative estimate of drug-likeness (QED) is 0.577. The second kappa shape index (κ2) is 8.91. The highest BCUT2D eigenvalue weighted by atomic mass is 16.5. The highest BCUT2D eigenvalue weighted by Crippen LogP contribution is 2.23. The third-order valence-electron chi connectivity index (χ3n) is 5.11. The first-order valence-electron chi connectivity index (χ1n) is 9.94. The van der Waals surface area contributed by atoms with Crippen LogP contribution in [-0.4, -0.2) is 22.1 Å². The summed E-state index contributed by atoms with van der Waals surface area (Å²) in [6, 6.07) is 14.1. The molecular formula is C23H29N3O2. The van der Waals surface area contributed by atoms with Crippen molar-refractivity contribution in [1.29, 1.82) is 0 Å². The Kier molecular flexibility index (Phi) is 6.34. The molecule has 1 amide bonds. The van der Waals surface area contributed by atoms with Gasteiger partial charge in [0.05, 0.1) is 23.7 Å². The van der Waals surface area contributed by atoms with Crippen LogP contribution in [0.15, 0.2) is 42.5 Å². The van der Waals surface area contributed by atoms with Crippen LogP contribution in [0.25, 0.3) is 11.0 Å². The molecule has 3 aromatic rings. The van der Waals surface area contributed by atoms with E-state index in [1.807, 2.05) is 44.2 Å². The summed E-state index contributed by atoms with van der Waals surface area (Å²) in [5, 5.41) is 3.02. The molecule has 5 heteroatoms. The van der Waals surface area contributed by atoms with Crippen molar-refractivity contribution in [3.63, 3.8) is 0 Å². The number of amides is 1. The number of carbonyl (C=O) groups excluding carboxylic acids is 1. The first kappa shape index (κ1) is 19.9. The van der Waals surface area contributed by atoms with E-state index in [9.17, 15) is 4.79 Å². The predicted octanol–water partition coefficient (Wildman–Crippen LogP) is 4.71. The van der Waals surface area contributed by atoms with Gasteiger partial charge in [-0.25, -0.2) is 4.98 Å². The third-order valence-corrected chi connectivity index (χ3v) is 5.11. The predicted molar refractivity (Wildman–Crippen MR) is 113 cm³/mol. The van der Waals surface area contributed by atoms with Crippen LogP contribution >= 0.6 is 0 Å². The molecule has 0 radical (unpaired) electrons. The number of aryl methyl sites for hydroxylation is 2. The van der Waals surface area contributed by atoms with Crippen LogP contribution in [0.1, 0.15) is 49.7 Å². The van der Waals surface area contributed by atoms with E-state index in [4.69, 9.17) is 9.72 Å². The molecule has 0 aliphatic carbocycles. The van der Waals surface area contributed by atoms with E-state index in [1.165, 1.54) is 11.1 Å². The molecule has 28 heavy (non-hydrogen) atoms. The fourth-order valence-corrected chi connectivity index (χ4v) is 3.35. The summed E-state index contributed by atoms with van der Waals surface area (Å²) < 4.78 is 8.20. The number of hydrogen-bond donors (Lipinski definition) is 1. The van der Waals surface area contributed by atoms with Gasteiger partial charge in [0.2, 0.25) is 5.91 Å². The maximum atomic E-state index is 11.8. The van der Waals surface area contributed by atoms with Gasteiger partial charge < -0.3 is 14.6 Å². The average molecular weight is 380 g/mol. The standard InChI is InChI=1S/C23H29N3O2/c1-5-22(27)24-18(4)23-25-19-11-6-7-12-20(19)26(23)14-9-15-28-21-13-8-10-16(2)17(21)3/h6-8,10-13,18H,5,9,14-15H2,1-4H3,(H,24,27). The summed E-state index contributed by atoms with van der Waals surface area (Å²) in [5.41, 5.74) is 4.46. The highest BCUT2D eigenvalue weighted by Gasteiger charge is 2.17. The van der Waals surface area contributed by atoms with Crippen molar-refractivity contribution >= 4 is 16.9 Å². The number of ether oxygens (including phenoxy) is 1. The molecule has 0 spiro atoms. The van der Waals surface area contributed by atoms with Gasteiger partial charge in [0, 0.05) is 13.0 Å². The number of nitrogens with one attached hydrogen (secondary N) is 1. The minimum absolute atomic E-state index is 0.0318. The molecule has 0 saturated carbocycles. The zero-order valence-electron chi connectivity index (χ0n) is 17.2. The lowest BCUT2D eigenvalue weighted by Gasteiger charge is -2.16. The normalized spacial score (nSPS) is 12.1. The van der Waals surface area contributed by atoms with Gasteiger partial charge in [-0.1, -0.05) is 31.2 Å². The first-order chi connectivity index (χ1) is 13.5. The van der Waals surface area contributed by atoms with Crippen molar-refractivity contribution in [1.82, 2.24) is 14.9 Å². The summed E-state index contributed by atoms with van der Waals surface area (Å²) in [4.78, 5) is 16.6. The lowest BCUT2D eigenvalue weighted by Crippen LogP contribution is -2.28. The Morgan fingerprint density at radius 1 is 1.18 bits per heavy atom. The van der Waals surface area contributed by atoms with E-state index >= 15 is 0 Å². The molecule has 0 saturated heterocycles. The zero-order valence-corrected chi connectivity index (χ0v) is 17.2. The van der Waals surface area contributed by atoms with Gasteiger partial charge in [-0.05, 0) is 56.5 Å². The van der Waals surface area contributed by atoms with Crippen molar-refractivity contribution in [3.05, 3.63) is 59.4 Å². The van der Waals surface area contributed by atoms with Gasteiger partial charge in [-0.2, -0.15) is 0 Å². The lowest BCUT2D eigenvalue weighted by molar-refractivity contribution is -0.121. The Morgan fingerprint density at radius 3 is 2.75 bits per heavy atom. The zero-order chi connectivity index (χ0) is 20.1. The number of aromatic nitrogens is 2. The summed E-state index contributed by atoms with van der Waals surface area (Å²) in [5.74, 6) is 1.86. The van der Waals surface area contributed by atoms with Gasteiger partial charge in [0.15, 0.2) is 0 Å². The Balaban J connectivity index is 1.73. The minimum atomic E-state index is -0.139. The molecular weight excluding hydrogens is 350 g/mol. The van der Waals surface area contributed by atoms with Crippen LogP contribution < -0.4 is 10.1 Å². The molecule has 5 nitrogen and oxygen atoms in total. The smallest absolute Gasteiger partial charge is 0.220 e. The summed E-state index contributed by atoms with van der Waals surface area (Å²) in [6.07, 6.45) is 1.32. The van der Waals surface area contributed by atoms with Crippen molar-refractivity contribution in [2.75, 3.05) is 6.61 Å². The fourth-order valence-electron chi connectivity index (χ4n) is 3.35. The Hall–Kier alpha value is -2.82. The van der Waals surface area contributed by atoms with Crippen molar-refractivity contribution < 1.29 is 9.53 Å². The molecule has 0 aliphatic heterocycles. The first-order valence-corrected chi connectivity index (χ1v) is 9.94. The molecule has 0 aliphatic rings. The summed E-state index contributed by atoms with van der Waals surface area (Å²) in [6.45, 7) is 9.44. The number of rotatable bonds is 8. The molecule has 1 atom stereocenters. The molecule has 1 aromatic heterocycles. The van der Waals surface area contributed by atoms with E-state index in [0.29, 0.717) is 13.0 Å². The van der Waals surface area contributed by atoms with E-state index in [0.717, 1.165) is 35.6 Å². The van der Waals surface area contributed by atoms with Crippen LogP contribution in [0.2, 0.25) is 0 Å². The Morgan fingerprint density at radius 2 is 1.96 bits per heavy atom. The van der Waals surface area contributed by atoms with Gasteiger partial charge in [0.25, 0.3) is 0 Å². The average Bonchev–Trinajstić information content (AvgIpc) is 3.07. The minimum Gasteiger partial charge on any atom is -0.493 e. The van der Waals surface area contributed by atoms with Crippen molar-refractivity contribution in [2.24, 2.45) is 0 Å². The molecule has 1 heterocycles. The number of hydrogen-bond acceptors (Lipinski definition) is 3. The largest absolute Gasteiger partial charge is 0.493 e. The Labute approximate surface area is 166 Å². The molecule has 1 unspecified atom stereocenters. The molecule has 0 bridgehead atoms. The topological polar surface area (TPSA) is 56.2 Å². The maximum Gasteiger partial charge on any atom is 0.220 e. The van der Waals surface area contributed by atoms with Crippen LogP contribution in [0.5, 0.6) is 5.75 Å². The highest BCUT2D eigenvalue weighted by molar-refractivity contribution is 5.77. The Bertz CT molecular complexity index is 962. The number of benzene rings is 2. The summed E-state index contributed by atoms with van der Waals surface area (Å²) >= 11 is 0. The fraction of sp³-hybridized carbons (Fsp3) is 0.391. The molecule has 1 N–H and O–H groups in total. The summed E-state index contributed by atoms with van der Waals surface area (Å²) in [7, 11) is 0. The van der Waals surface area contributed by atoms with Crippen LogP contribution in [0, 0.1) is 13.8 Å². The van der Waals surface area contributed by atoms with E-state index in [2.05, 4.69) is 35.9 Å². The number of nitrogens with zero attached hydrogens (tertiary/aromatic N) is 2. The second-order valence-electron chi connectivity index (χ2n) is 7.15. The van der Waals surface area contributed by atoms with E-state index < -0.39 is 0 Å². The van der Waals surface area contributed by atoms with Crippen LogP contribution in [-0.2, 0) is 11.3 Å². The number of para-hydroxylation sites is 2. The van der Waals surface area contributed by atoms with Crippen LogP contribution in [0.4, 0.5) is 0 Å². The molecule has 148 valence electrons. The second-order valence-corrected chi connectivity index (χ2v) is 7.15. The molecule has 2 aromatic carbocycles. The third kappa shape index (κ3) is 4.35. The number of imidazole rings is 1. The van der Waals surface area contributed by atoms with Gasteiger partial charge in [-0.15, -0.1) is 0 Å². The van der Waals surface area contributed by atoms with Gasteiger partial charge in [0.1, 0.15) is 11.6 Å². The molecule has 0 fully saturated rings. The van der Waals surface area contributed by atoms with E-state index in [-0.39, 0.29) is 11.9 Å². The number of fused-ring (bicyclic) bond motifs is 1. The van der Waals surface area contributed by atoms with Gasteiger partial charge in [-0.3, -0.25) is 4.79 Å².